The van der Waals surface area contributed by atoms with E-state index in [-0.39, 0.29) is 12.8 Å². The molecule has 1 aromatic heterocycles. The summed E-state index contributed by atoms with van der Waals surface area (Å²) in [5.74, 6) is -2.65. The van der Waals surface area contributed by atoms with E-state index >= 15 is 0 Å². The molecule has 0 amide bonds. The number of hydrogen-bond donors (Lipinski definition) is 2. The molecule has 0 fully saturated rings. The molecule has 2 N–H and O–H groups in total. The van der Waals surface area contributed by atoms with Crippen LogP contribution in [0.2, 0.25) is 0 Å². The van der Waals surface area contributed by atoms with Gasteiger partial charge < -0.3 is 10.2 Å². The lowest BCUT2D eigenvalue weighted by Crippen LogP contribution is -2.09. The first-order chi connectivity index (χ1) is 7.52. The summed E-state index contributed by atoms with van der Waals surface area (Å²) in [4.78, 5) is 22.3. The van der Waals surface area contributed by atoms with E-state index in [1.165, 1.54) is 0 Å². The van der Waals surface area contributed by atoms with Gasteiger partial charge in [-0.15, -0.1) is 11.3 Å². The SMILES string of the molecule is N#Cc1ccc(C(CC(=O)O)CC(=O)O)s1. The lowest BCUT2D eigenvalue weighted by molar-refractivity contribution is -0.139. The van der Waals surface area contributed by atoms with Crippen LogP contribution in [0.3, 0.4) is 0 Å². The summed E-state index contributed by atoms with van der Waals surface area (Å²) in [6.07, 6.45) is -0.477. The van der Waals surface area contributed by atoms with E-state index in [1.54, 1.807) is 12.1 Å². The van der Waals surface area contributed by atoms with Crippen LogP contribution >= 0.6 is 11.3 Å². The van der Waals surface area contributed by atoms with Gasteiger partial charge in [-0.3, -0.25) is 9.59 Å². The number of carbonyl (C=O) groups is 2. The van der Waals surface area contributed by atoms with Gasteiger partial charge in [0.05, 0.1) is 12.8 Å². The molecule has 0 saturated carbocycles. The van der Waals surface area contributed by atoms with Crippen LogP contribution in [0.1, 0.15) is 28.5 Å². The maximum Gasteiger partial charge on any atom is 0.304 e. The van der Waals surface area contributed by atoms with Crippen LogP contribution in [0.15, 0.2) is 12.1 Å². The molecule has 0 saturated heterocycles. The minimum atomic E-state index is -1.04. The van der Waals surface area contributed by atoms with Gasteiger partial charge in [0.2, 0.25) is 0 Å². The molecule has 0 aromatic carbocycles. The molecule has 0 bridgehead atoms. The highest BCUT2D eigenvalue weighted by Gasteiger charge is 2.20. The van der Waals surface area contributed by atoms with Crippen LogP contribution in [-0.2, 0) is 9.59 Å². The van der Waals surface area contributed by atoms with E-state index in [0.717, 1.165) is 11.3 Å². The van der Waals surface area contributed by atoms with Crippen molar-refractivity contribution in [1.29, 1.82) is 5.26 Å². The van der Waals surface area contributed by atoms with Gasteiger partial charge in [0, 0.05) is 10.8 Å². The lowest BCUT2D eigenvalue weighted by Gasteiger charge is -2.09. The van der Waals surface area contributed by atoms with Crippen molar-refractivity contribution in [2.45, 2.75) is 18.8 Å². The first-order valence-electron chi connectivity index (χ1n) is 4.46. The molecule has 0 spiro atoms. The molecule has 1 heterocycles. The second-order valence-electron chi connectivity index (χ2n) is 3.21. The largest absolute Gasteiger partial charge is 0.481 e. The molecule has 0 atom stereocenters. The Kier molecular flexibility index (Phi) is 4.03. The number of nitrogens with zero attached hydrogens (tertiary/aromatic N) is 1. The monoisotopic (exact) mass is 239 g/mol. The lowest BCUT2D eigenvalue weighted by atomic mass is 10.00. The molecule has 6 heteroatoms. The summed E-state index contributed by atoms with van der Waals surface area (Å²) >= 11 is 1.14. The van der Waals surface area contributed by atoms with Gasteiger partial charge >= 0.3 is 11.9 Å². The zero-order valence-corrected chi connectivity index (χ0v) is 9.03. The van der Waals surface area contributed by atoms with Crippen LogP contribution in [0, 0.1) is 11.3 Å². The van der Waals surface area contributed by atoms with E-state index in [2.05, 4.69) is 0 Å². The first kappa shape index (κ1) is 12.2. The van der Waals surface area contributed by atoms with Gasteiger partial charge in [0.15, 0.2) is 0 Å². The third kappa shape index (κ3) is 3.37. The molecular weight excluding hydrogens is 230 g/mol. The maximum atomic E-state index is 10.6. The fourth-order valence-corrected chi connectivity index (χ4v) is 2.23. The summed E-state index contributed by atoms with van der Waals surface area (Å²) in [6.45, 7) is 0. The minimum Gasteiger partial charge on any atom is -0.481 e. The van der Waals surface area contributed by atoms with Crippen LogP contribution in [-0.4, -0.2) is 22.2 Å². The normalized spacial score (nSPS) is 10.0. The smallest absolute Gasteiger partial charge is 0.304 e. The van der Waals surface area contributed by atoms with Crippen molar-refractivity contribution in [3.05, 3.63) is 21.9 Å². The fourth-order valence-electron chi connectivity index (χ4n) is 1.33. The van der Waals surface area contributed by atoms with E-state index in [4.69, 9.17) is 15.5 Å². The van der Waals surface area contributed by atoms with Crippen LogP contribution < -0.4 is 0 Å². The Morgan fingerprint density at radius 1 is 1.31 bits per heavy atom. The highest BCUT2D eigenvalue weighted by atomic mass is 32.1. The quantitative estimate of drug-likeness (QED) is 0.814. The molecule has 0 radical (unpaired) electrons. The van der Waals surface area contributed by atoms with Gasteiger partial charge in [-0.2, -0.15) is 5.26 Å². The Balaban J connectivity index is 2.87. The number of thiophene rings is 1. The molecule has 0 unspecified atom stereocenters. The van der Waals surface area contributed by atoms with E-state index in [9.17, 15) is 9.59 Å². The summed E-state index contributed by atoms with van der Waals surface area (Å²) in [7, 11) is 0. The van der Waals surface area contributed by atoms with E-state index < -0.39 is 17.9 Å². The van der Waals surface area contributed by atoms with Gasteiger partial charge in [0.1, 0.15) is 10.9 Å². The molecule has 0 aliphatic rings. The summed E-state index contributed by atoms with van der Waals surface area (Å²) in [5.41, 5.74) is 0. The first-order valence-corrected chi connectivity index (χ1v) is 5.28. The molecule has 16 heavy (non-hydrogen) atoms. The zero-order valence-electron chi connectivity index (χ0n) is 8.21. The minimum absolute atomic E-state index is 0.238. The fraction of sp³-hybridized carbons (Fsp3) is 0.300. The number of nitriles is 1. The number of hydrogen-bond acceptors (Lipinski definition) is 4. The zero-order chi connectivity index (χ0) is 12.1. The molecule has 0 aliphatic heterocycles. The Bertz CT molecular complexity index is 430. The molecular formula is C10H9NO4S. The third-order valence-corrected chi connectivity index (χ3v) is 3.13. The summed E-state index contributed by atoms with van der Waals surface area (Å²) in [6, 6.07) is 5.11. The standard InChI is InChI=1S/C10H9NO4S/c11-5-7-1-2-8(16-7)6(3-9(12)13)4-10(14)15/h1-2,6H,3-4H2,(H,12,13)(H,14,15). The summed E-state index contributed by atoms with van der Waals surface area (Å²) < 4.78 is 0. The van der Waals surface area contributed by atoms with E-state index in [1.807, 2.05) is 6.07 Å². The van der Waals surface area contributed by atoms with Crippen LogP contribution in [0.5, 0.6) is 0 Å². The summed E-state index contributed by atoms with van der Waals surface area (Å²) in [5, 5.41) is 26.0. The Hall–Kier alpha value is -1.87. The van der Waals surface area contributed by atoms with Crippen molar-refractivity contribution in [2.75, 3.05) is 0 Å². The molecule has 1 rings (SSSR count). The van der Waals surface area contributed by atoms with Crippen LogP contribution in [0.4, 0.5) is 0 Å². The average Bonchev–Trinajstić information content (AvgIpc) is 2.63. The molecule has 84 valence electrons. The topological polar surface area (TPSA) is 98.4 Å². The Morgan fingerprint density at radius 2 is 1.88 bits per heavy atom. The highest BCUT2D eigenvalue weighted by molar-refractivity contribution is 7.12. The molecule has 0 aliphatic carbocycles. The average molecular weight is 239 g/mol. The second kappa shape index (κ2) is 5.28. The van der Waals surface area contributed by atoms with Crippen molar-refractivity contribution in [3.8, 4) is 6.07 Å². The number of aliphatic carboxylic acids is 2. The predicted molar refractivity (Wildman–Crippen MR) is 56.3 cm³/mol. The van der Waals surface area contributed by atoms with Gasteiger partial charge in [0.25, 0.3) is 0 Å². The van der Waals surface area contributed by atoms with Gasteiger partial charge in [-0.1, -0.05) is 0 Å². The van der Waals surface area contributed by atoms with Crippen molar-refractivity contribution >= 4 is 23.3 Å². The third-order valence-electron chi connectivity index (χ3n) is 1.98. The predicted octanol–water partition coefficient (Wildman–Crippen LogP) is 1.65. The maximum absolute atomic E-state index is 10.6. The van der Waals surface area contributed by atoms with Crippen molar-refractivity contribution in [1.82, 2.24) is 0 Å². The number of carboxylic acid groups (broad SMARTS) is 2. The van der Waals surface area contributed by atoms with Crippen molar-refractivity contribution in [2.24, 2.45) is 0 Å². The van der Waals surface area contributed by atoms with Crippen LogP contribution in [0.25, 0.3) is 0 Å². The van der Waals surface area contributed by atoms with Crippen molar-refractivity contribution < 1.29 is 19.8 Å². The molecule has 1 aromatic rings. The second-order valence-corrected chi connectivity index (χ2v) is 4.32. The Labute approximate surface area is 95.6 Å². The van der Waals surface area contributed by atoms with E-state index in [0.29, 0.717) is 9.75 Å². The highest BCUT2D eigenvalue weighted by Crippen LogP contribution is 2.29. The molecule has 5 nitrogen and oxygen atoms in total. The Morgan fingerprint density at radius 3 is 2.25 bits per heavy atom. The van der Waals surface area contributed by atoms with Gasteiger partial charge in [-0.05, 0) is 12.1 Å². The van der Waals surface area contributed by atoms with Crippen molar-refractivity contribution in [3.63, 3.8) is 0 Å². The number of rotatable bonds is 5. The number of carboxylic acids is 2. The van der Waals surface area contributed by atoms with Gasteiger partial charge in [-0.25, -0.2) is 0 Å².